The molecule has 32 heavy (non-hydrogen) atoms. The second-order valence-electron chi connectivity index (χ2n) is 8.59. The third kappa shape index (κ3) is 4.50. The smallest absolute Gasteiger partial charge is 0.336 e. The Labute approximate surface area is 191 Å². The van der Waals surface area contributed by atoms with E-state index in [9.17, 15) is 9.59 Å². The number of ether oxygens (including phenoxy) is 1. The number of hydrogen-bond acceptors (Lipinski definition) is 5. The molecule has 0 saturated carbocycles. The van der Waals surface area contributed by atoms with Crippen molar-refractivity contribution in [3.05, 3.63) is 57.4 Å². The lowest BCUT2D eigenvalue weighted by atomic mass is 9.78. The predicted octanol–water partition coefficient (Wildman–Crippen LogP) is 5.58. The van der Waals surface area contributed by atoms with Crippen molar-refractivity contribution in [1.82, 2.24) is 9.78 Å². The fourth-order valence-electron chi connectivity index (χ4n) is 4.38. The van der Waals surface area contributed by atoms with Gasteiger partial charge in [0.05, 0.1) is 12.2 Å². The molecule has 6 nitrogen and oxygen atoms in total. The number of nitrogens with zero attached hydrogens (tertiary/aromatic N) is 2. The van der Waals surface area contributed by atoms with Gasteiger partial charge in [-0.1, -0.05) is 51.3 Å². The number of rotatable bonds is 9. The summed E-state index contributed by atoms with van der Waals surface area (Å²) in [5.74, 6) is -0.0224. The second kappa shape index (κ2) is 10.2. The van der Waals surface area contributed by atoms with Crippen molar-refractivity contribution in [3.63, 3.8) is 0 Å². The normalized spacial score (nSPS) is 15.4. The van der Waals surface area contributed by atoms with Gasteiger partial charge in [-0.3, -0.25) is 9.48 Å². The zero-order valence-corrected chi connectivity index (χ0v) is 20.2. The Bertz CT molecular complexity index is 1050. The van der Waals surface area contributed by atoms with Crippen LogP contribution in [0.3, 0.4) is 0 Å². The number of aromatic nitrogens is 2. The van der Waals surface area contributed by atoms with Crippen LogP contribution in [0.25, 0.3) is 0 Å². The van der Waals surface area contributed by atoms with E-state index in [4.69, 9.17) is 4.74 Å². The molecule has 1 N–H and O–H groups in total. The Morgan fingerprint density at radius 2 is 1.88 bits per heavy atom. The van der Waals surface area contributed by atoms with E-state index in [-0.39, 0.29) is 11.8 Å². The molecule has 0 radical (unpaired) electrons. The highest BCUT2D eigenvalue weighted by molar-refractivity contribution is 6.01. The van der Waals surface area contributed by atoms with E-state index in [1.165, 1.54) is 0 Å². The van der Waals surface area contributed by atoms with E-state index in [1.54, 1.807) is 4.68 Å². The summed E-state index contributed by atoms with van der Waals surface area (Å²) in [4.78, 5) is 26.2. The van der Waals surface area contributed by atoms with Gasteiger partial charge in [0, 0.05) is 30.6 Å². The number of carbonyl (C=O) groups excluding carboxylic acids is 2. The maximum atomic E-state index is 13.4. The molecule has 172 valence electrons. The molecule has 0 bridgehead atoms. The van der Waals surface area contributed by atoms with E-state index in [0.29, 0.717) is 24.3 Å². The van der Waals surface area contributed by atoms with E-state index in [1.807, 2.05) is 33.0 Å². The van der Waals surface area contributed by atoms with Crippen LogP contribution in [0.15, 0.2) is 29.5 Å². The van der Waals surface area contributed by atoms with E-state index >= 15 is 0 Å². The van der Waals surface area contributed by atoms with Gasteiger partial charge in [-0.15, -0.1) is 0 Å². The molecule has 3 rings (SSSR count). The highest BCUT2D eigenvalue weighted by Gasteiger charge is 2.39. The van der Waals surface area contributed by atoms with Gasteiger partial charge in [0.1, 0.15) is 11.5 Å². The number of unbranched alkanes of at least 4 members (excludes halogenated alkanes) is 3. The first-order valence-electron chi connectivity index (χ1n) is 11.6. The molecular formula is C26H35N3O3. The van der Waals surface area contributed by atoms with Gasteiger partial charge in [-0.2, -0.15) is 5.10 Å². The number of aryl methyl sites for hydroxylation is 2. The van der Waals surface area contributed by atoms with Gasteiger partial charge in [0.25, 0.3) is 0 Å². The summed E-state index contributed by atoms with van der Waals surface area (Å²) in [7, 11) is 1.82. The molecule has 1 aromatic carbocycles. The summed E-state index contributed by atoms with van der Waals surface area (Å²) in [5, 5.41) is 7.87. The number of nitrogens with one attached hydrogen (secondary N) is 1. The van der Waals surface area contributed by atoms with Gasteiger partial charge >= 0.3 is 5.97 Å². The molecule has 6 heteroatoms. The molecule has 1 aliphatic rings. The molecule has 0 spiro atoms. The Morgan fingerprint density at radius 3 is 2.56 bits per heavy atom. The summed E-state index contributed by atoms with van der Waals surface area (Å²) >= 11 is 0. The number of anilines is 1. The van der Waals surface area contributed by atoms with E-state index < -0.39 is 5.92 Å². The summed E-state index contributed by atoms with van der Waals surface area (Å²) in [6.07, 6.45) is 4.51. The number of Topliss-reactive ketones (excluding diaryl/α,β-unsaturated/α-hetero) is 1. The highest BCUT2D eigenvalue weighted by atomic mass is 16.5. The van der Waals surface area contributed by atoms with Crippen molar-refractivity contribution in [2.75, 3.05) is 11.9 Å². The van der Waals surface area contributed by atoms with Crippen LogP contribution in [0.1, 0.15) is 91.5 Å². The minimum atomic E-state index is -0.409. The lowest BCUT2D eigenvalue weighted by Crippen LogP contribution is -2.26. The molecule has 1 aromatic heterocycles. The molecular weight excluding hydrogens is 402 g/mol. The average Bonchev–Trinajstić information content (AvgIpc) is 3.10. The molecule has 0 aliphatic carbocycles. The van der Waals surface area contributed by atoms with Crippen LogP contribution in [0.2, 0.25) is 0 Å². The Hall–Kier alpha value is -2.89. The highest BCUT2D eigenvalue weighted by Crippen LogP contribution is 2.45. The molecule has 2 aromatic rings. The number of allylic oxidation sites excluding steroid dienone is 1. The van der Waals surface area contributed by atoms with Crippen LogP contribution in [0.5, 0.6) is 0 Å². The zero-order chi connectivity index (χ0) is 23.4. The van der Waals surface area contributed by atoms with Crippen molar-refractivity contribution in [2.24, 2.45) is 7.05 Å². The van der Waals surface area contributed by atoms with Crippen LogP contribution in [0.4, 0.5) is 5.82 Å². The number of hydrogen-bond donors (Lipinski definition) is 1. The maximum Gasteiger partial charge on any atom is 0.336 e. The number of benzene rings is 1. The SMILES string of the molecule is CCCCCCOC(=O)C1=C(C)Nc2c(c(C(=O)CC)nn2C)C1c1cccc(C)c1C. The number of fused-ring (bicyclic) bond motifs is 1. The second-order valence-corrected chi connectivity index (χ2v) is 8.59. The first-order valence-corrected chi connectivity index (χ1v) is 11.6. The van der Waals surface area contributed by atoms with Crippen molar-refractivity contribution in [1.29, 1.82) is 0 Å². The number of carbonyl (C=O) groups is 2. The zero-order valence-electron chi connectivity index (χ0n) is 20.2. The van der Waals surface area contributed by atoms with Crippen molar-refractivity contribution < 1.29 is 14.3 Å². The standard InChI is InChI=1S/C26H35N3O3/c1-7-9-10-11-15-32-26(31)21-18(5)27-25-23(24(20(30)8-2)28-29(25)6)22(21)19-14-12-13-16(3)17(19)4/h12-14,22,27H,7-11,15H2,1-6H3. The average molecular weight is 438 g/mol. The molecule has 0 amide bonds. The van der Waals surface area contributed by atoms with Crippen LogP contribution >= 0.6 is 0 Å². The first-order chi connectivity index (χ1) is 15.3. The van der Waals surface area contributed by atoms with Gasteiger partial charge in [0.15, 0.2) is 5.78 Å². The minimum Gasteiger partial charge on any atom is -0.462 e. The van der Waals surface area contributed by atoms with Gasteiger partial charge < -0.3 is 10.1 Å². The Morgan fingerprint density at radius 1 is 1.12 bits per heavy atom. The molecule has 1 aliphatic heterocycles. The number of ketones is 1. The largest absolute Gasteiger partial charge is 0.462 e. The van der Waals surface area contributed by atoms with Crippen LogP contribution in [0, 0.1) is 13.8 Å². The molecule has 2 heterocycles. The van der Waals surface area contributed by atoms with E-state index in [0.717, 1.165) is 59.5 Å². The Kier molecular flexibility index (Phi) is 7.54. The van der Waals surface area contributed by atoms with Crippen molar-refractivity contribution in [3.8, 4) is 0 Å². The predicted molar refractivity (Wildman–Crippen MR) is 127 cm³/mol. The molecule has 0 saturated heterocycles. The molecule has 0 fully saturated rings. The molecule has 1 atom stereocenters. The minimum absolute atomic E-state index is 0.0363. The van der Waals surface area contributed by atoms with Crippen LogP contribution in [-0.4, -0.2) is 28.1 Å². The topological polar surface area (TPSA) is 73.2 Å². The van der Waals surface area contributed by atoms with Crippen molar-refractivity contribution in [2.45, 2.75) is 72.6 Å². The third-order valence-electron chi connectivity index (χ3n) is 6.36. The molecule has 1 unspecified atom stereocenters. The summed E-state index contributed by atoms with van der Waals surface area (Å²) < 4.78 is 7.42. The summed E-state index contributed by atoms with van der Waals surface area (Å²) in [6.45, 7) is 10.4. The van der Waals surface area contributed by atoms with Crippen LogP contribution in [-0.2, 0) is 16.6 Å². The first kappa shape index (κ1) is 23.8. The fourth-order valence-corrected chi connectivity index (χ4v) is 4.38. The lowest BCUT2D eigenvalue weighted by molar-refractivity contribution is -0.139. The Balaban J connectivity index is 2.11. The quantitative estimate of drug-likeness (QED) is 0.315. The monoisotopic (exact) mass is 437 g/mol. The van der Waals surface area contributed by atoms with Gasteiger partial charge in [-0.05, 0) is 43.9 Å². The summed E-state index contributed by atoms with van der Waals surface area (Å²) in [6, 6.07) is 6.10. The van der Waals surface area contributed by atoms with E-state index in [2.05, 4.69) is 37.3 Å². The van der Waals surface area contributed by atoms with Crippen molar-refractivity contribution >= 4 is 17.6 Å². The van der Waals surface area contributed by atoms with Crippen LogP contribution < -0.4 is 5.32 Å². The lowest BCUT2D eigenvalue weighted by Gasteiger charge is -2.30. The van der Waals surface area contributed by atoms with Gasteiger partial charge in [0.2, 0.25) is 0 Å². The third-order valence-corrected chi connectivity index (χ3v) is 6.36. The summed E-state index contributed by atoms with van der Waals surface area (Å²) in [5.41, 5.74) is 5.72. The van der Waals surface area contributed by atoms with Gasteiger partial charge in [-0.25, -0.2) is 4.79 Å². The fraction of sp³-hybridized carbons (Fsp3) is 0.500. The maximum absolute atomic E-state index is 13.4. The number of esters is 1.